The van der Waals surface area contributed by atoms with Crippen molar-refractivity contribution in [3.8, 4) is 0 Å². The topological polar surface area (TPSA) is 57.0 Å². The van der Waals surface area contributed by atoms with Gasteiger partial charge in [-0.3, -0.25) is 0 Å². The number of imidazole rings is 1. The molecule has 2 aromatic rings. The zero-order valence-corrected chi connectivity index (χ0v) is 11.2. The van der Waals surface area contributed by atoms with Crippen LogP contribution in [0.3, 0.4) is 0 Å². The Kier molecular flexibility index (Phi) is 2.80. The van der Waals surface area contributed by atoms with E-state index in [1.165, 1.54) is 32.1 Å². The fraction of sp³-hybridized carbons (Fsp3) is 0.643. The quantitative estimate of drug-likeness (QED) is 0.882. The lowest BCUT2D eigenvalue weighted by Crippen LogP contribution is -2.15. The van der Waals surface area contributed by atoms with E-state index in [9.17, 15) is 0 Å². The van der Waals surface area contributed by atoms with Crippen molar-refractivity contribution in [1.82, 2.24) is 9.55 Å². The number of nitrogens with zero attached hydrogens (tertiary/aromatic N) is 2. The number of rotatable bonds is 2. The molecule has 1 aliphatic carbocycles. The Balaban J connectivity index is 2.16. The van der Waals surface area contributed by atoms with Crippen LogP contribution in [0.5, 0.6) is 0 Å². The Bertz CT molecular complexity index is 561. The molecule has 0 amide bonds. The van der Waals surface area contributed by atoms with Crippen LogP contribution in [0.1, 0.15) is 56.7 Å². The van der Waals surface area contributed by atoms with Crippen molar-refractivity contribution in [3.05, 3.63) is 11.6 Å². The average Bonchev–Trinajstić information content (AvgIpc) is 2.88. The average molecular weight is 247 g/mol. The Morgan fingerprint density at radius 3 is 2.72 bits per heavy atom. The predicted octanol–water partition coefficient (Wildman–Crippen LogP) is 3.59. The van der Waals surface area contributed by atoms with E-state index in [1.807, 2.05) is 6.92 Å². The molecule has 1 fully saturated rings. The first-order valence-corrected chi connectivity index (χ1v) is 6.98. The molecule has 0 atom stereocenters. The van der Waals surface area contributed by atoms with Gasteiger partial charge in [0, 0.05) is 12.5 Å². The molecule has 2 N–H and O–H groups in total. The van der Waals surface area contributed by atoms with Crippen LogP contribution in [0.4, 0.5) is 5.69 Å². The molecule has 3 rings (SSSR count). The van der Waals surface area contributed by atoms with Gasteiger partial charge in [0.1, 0.15) is 17.1 Å². The number of hydrogen-bond acceptors (Lipinski definition) is 3. The fourth-order valence-corrected chi connectivity index (χ4v) is 3.12. The van der Waals surface area contributed by atoms with E-state index < -0.39 is 0 Å². The van der Waals surface area contributed by atoms with Gasteiger partial charge in [-0.1, -0.05) is 26.2 Å². The monoisotopic (exact) mass is 247 g/mol. The van der Waals surface area contributed by atoms with Crippen molar-refractivity contribution in [1.29, 1.82) is 0 Å². The van der Waals surface area contributed by atoms with E-state index in [0.717, 1.165) is 29.2 Å². The summed E-state index contributed by atoms with van der Waals surface area (Å²) < 4.78 is 8.00. The number of aryl methyl sites for hydroxylation is 2. The third-order valence-electron chi connectivity index (χ3n) is 4.09. The Morgan fingerprint density at radius 1 is 1.33 bits per heavy atom. The molecule has 0 spiro atoms. The number of aromatic nitrogens is 2. The summed E-state index contributed by atoms with van der Waals surface area (Å²) >= 11 is 0. The molecule has 0 saturated heterocycles. The van der Waals surface area contributed by atoms with Gasteiger partial charge in [0.05, 0.1) is 5.69 Å². The molecule has 4 nitrogen and oxygen atoms in total. The van der Waals surface area contributed by atoms with E-state index in [1.54, 1.807) is 0 Å². The van der Waals surface area contributed by atoms with E-state index in [4.69, 9.17) is 10.2 Å². The van der Waals surface area contributed by atoms with Gasteiger partial charge in [-0.15, -0.1) is 0 Å². The zero-order chi connectivity index (χ0) is 12.7. The molecule has 1 aliphatic rings. The molecule has 1 saturated carbocycles. The van der Waals surface area contributed by atoms with Gasteiger partial charge in [0.15, 0.2) is 0 Å². The van der Waals surface area contributed by atoms with Crippen LogP contribution in [-0.4, -0.2) is 9.55 Å². The minimum absolute atomic E-state index is 0.554. The molecule has 2 heterocycles. The van der Waals surface area contributed by atoms with Crippen molar-refractivity contribution < 1.29 is 4.42 Å². The molecule has 2 aromatic heterocycles. The van der Waals surface area contributed by atoms with E-state index in [2.05, 4.69) is 16.5 Å². The lowest BCUT2D eigenvalue weighted by Gasteiger charge is -2.25. The molecule has 98 valence electrons. The maximum Gasteiger partial charge on any atom is 0.247 e. The molecule has 0 radical (unpaired) electrons. The van der Waals surface area contributed by atoms with Crippen molar-refractivity contribution >= 4 is 16.9 Å². The minimum Gasteiger partial charge on any atom is -0.440 e. The highest BCUT2D eigenvalue weighted by atomic mass is 16.3. The van der Waals surface area contributed by atoms with Crippen LogP contribution >= 0.6 is 0 Å². The van der Waals surface area contributed by atoms with Crippen LogP contribution in [0.15, 0.2) is 4.42 Å². The fourth-order valence-electron chi connectivity index (χ4n) is 3.12. The first kappa shape index (κ1) is 11.6. The molecular weight excluding hydrogens is 226 g/mol. The van der Waals surface area contributed by atoms with Gasteiger partial charge in [-0.05, 0) is 19.8 Å². The minimum atomic E-state index is 0.554. The number of fused-ring (bicyclic) bond motifs is 1. The highest BCUT2D eigenvalue weighted by Gasteiger charge is 2.24. The third kappa shape index (κ3) is 1.62. The standard InChI is InChI=1S/C14H21N3O/c1-3-11-16-14-13(12(15)9(2)18-14)17(11)10-7-5-4-6-8-10/h10H,3-8,15H2,1-2H3. The van der Waals surface area contributed by atoms with Gasteiger partial charge in [-0.25, -0.2) is 0 Å². The Labute approximate surface area is 107 Å². The maximum absolute atomic E-state index is 6.16. The van der Waals surface area contributed by atoms with Crippen molar-refractivity contribution in [3.63, 3.8) is 0 Å². The molecule has 18 heavy (non-hydrogen) atoms. The summed E-state index contributed by atoms with van der Waals surface area (Å²) in [6, 6.07) is 0.554. The molecule has 0 aliphatic heterocycles. The smallest absolute Gasteiger partial charge is 0.247 e. The Hall–Kier alpha value is -1.45. The zero-order valence-electron chi connectivity index (χ0n) is 11.2. The highest BCUT2D eigenvalue weighted by Crippen LogP contribution is 2.36. The largest absolute Gasteiger partial charge is 0.440 e. The molecule has 4 heteroatoms. The molecule has 0 aromatic carbocycles. The third-order valence-corrected chi connectivity index (χ3v) is 4.09. The van der Waals surface area contributed by atoms with Crippen LogP contribution in [0.2, 0.25) is 0 Å². The number of nitrogens with two attached hydrogens (primary N) is 1. The van der Waals surface area contributed by atoms with Gasteiger partial charge in [0.2, 0.25) is 5.71 Å². The second-order valence-electron chi connectivity index (χ2n) is 5.27. The van der Waals surface area contributed by atoms with Crippen molar-refractivity contribution in [2.75, 3.05) is 5.73 Å². The van der Waals surface area contributed by atoms with Crippen LogP contribution in [-0.2, 0) is 6.42 Å². The van der Waals surface area contributed by atoms with Crippen LogP contribution in [0.25, 0.3) is 11.2 Å². The Morgan fingerprint density at radius 2 is 2.06 bits per heavy atom. The number of hydrogen-bond donors (Lipinski definition) is 1. The summed E-state index contributed by atoms with van der Waals surface area (Å²) in [6.07, 6.45) is 7.38. The van der Waals surface area contributed by atoms with Crippen LogP contribution < -0.4 is 5.73 Å². The van der Waals surface area contributed by atoms with Gasteiger partial charge >= 0.3 is 0 Å². The number of anilines is 1. The first-order chi connectivity index (χ1) is 8.72. The second-order valence-corrected chi connectivity index (χ2v) is 5.27. The SMILES string of the molecule is CCc1nc2oc(C)c(N)c2n1C1CCCCC1. The van der Waals surface area contributed by atoms with E-state index >= 15 is 0 Å². The van der Waals surface area contributed by atoms with Gasteiger partial charge < -0.3 is 14.7 Å². The second kappa shape index (κ2) is 4.34. The summed E-state index contributed by atoms with van der Waals surface area (Å²) in [5.41, 5.74) is 8.67. The number of nitrogen functional groups attached to an aromatic ring is 1. The van der Waals surface area contributed by atoms with E-state index in [0.29, 0.717) is 11.8 Å². The van der Waals surface area contributed by atoms with Crippen molar-refractivity contribution in [2.45, 2.75) is 58.4 Å². The summed E-state index contributed by atoms with van der Waals surface area (Å²) in [7, 11) is 0. The maximum atomic E-state index is 6.16. The van der Waals surface area contributed by atoms with Gasteiger partial charge in [0.25, 0.3) is 0 Å². The first-order valence-electron chi connectivity index (χ1n) is 6.98. The number of furan rings is 1. The summed E-state index contributed by atoms with van der Waals surface area (Å²) in [5, 5.41) is 0. The van der Waals surface area contributed by atoms with Gasteiger partial charge in [-0.2, -0.15) is 4.98 Å². The molecule has 0 bridgehead atoms. The summed E-state index contributed by atoms with van der Waals surface area (Å²) in [4.78, 5) is 4.60. The lowest BCUT2D eigenvalue weighted by molar-refractivity contribution is 0.353. The summed E-state index contributed by atoms with van der Waals surface area (Å²) in [6.45, 7) is 4.05. The predicted molar refractivity (Wildman–Crippen MR) is 72.6 cm³/mol. The highest BCUT2D eigenvalue weighted by molar-refractivity contribution is 5.86. The van der Waals surface area contributed by atoms with E-state index in [-0.39, 0.29) is 0 Å². The van der Waals surface area contributed by atoms with Crippen LogP contribution in [0, 0.1) is 6.92 Å². The molecular formula is C14H21N3O. The summed E-state index contributed by atoms with van der Waals surface area (Å²) in [5.74, 6) is 1.90. The normalized spacial score (nSPS) is 17.7. The van der Waals surface area contributed by atoms with Crippen molar-refractivity contribution in [2.24, 2.45) is 0 Å². The molecule has 0 unspecified atom stereocenters. The lowest BCUT2D eigenvalue weighted by atomic mass is 9.95.